The van der Waals surface area contributed by atoms with Crippen LogP contribution in [0.25, 0.3) is 0 Å². The zero-order chi connectivity index (χ0) is 16.2. The van der Waals surface area contributed by atoms with Crippen molar-refractivity contribution >= 4 is 5.97 Å². The van der Waals surface area contributed by atoms with Gasteiger partial charge < -0.3 is 10.1 Å². The van der Waals surface area contributed by atoms with Crippen molar-refractivity contribution in [3.63, 3.8) is 0 Å². The maximum absolute atomic E-state index is 12.7. The zero-order valence-electron chi connectivity index (χ0n) is 12.3. The molecular weight excluding hydrogens is 295 g/mol. The normalized spacial score (nSPS) is 15.2. The van der Waals surface area contributed by atoms with Crippen LogP contribution in [-0.4, -0.2) is 12.6 Å². The summed E-state index contributed by atoms with van der Waals surface area (Å²) < 4.78 is 43.0. The number of carbonyl (C=O) groups excluding carboxylic acids is 1. The van der Waals surface area contributed by atoms with Crippen molar-refractivity contribution < 1.29 is 22.7 Å². The molecule has 1 aromatic carbocycles. The van der Waals surface area contributed by atoms with E-state index in [0.717, 1.165) is 25.0 Å². The summed E-state index contributed by atoms with van der Waals surface area (Å²) in [6.07, 6.45) is -1.90. The summed E-state index contributed by atoms with van der Waals surface area (Å²) in [6, 6.07) is 5.14. The number of halogens is 3. The van der Waals surface area contributed by atoms with E-state index in [1.807, 2.05) is 6.92 Å². The highest BCUT2D eigenvalue weighted by molar-refractivity contribution is 5.91. The molecule has 120 valence electrons. The summed E-state index contributed by atoms with van der Waals surface area (Å²) in [5, 5.41) is 3.03. The van der Waals surface area contributed by atoms with Crippen LogP contribution in [0.3, 0.4) is 0 Å². The molecule has 0 aliphatic carbocycles. The fourth-order valence-corrected chi connectivity index (χ4v) is 2.27. The third kappa shape index (κ3) is 4.02. The van der Waals surface area contributed by atoms with E-state index in [4.69, 9.17) is 4.74 Å². The van der Waals surface area contributed by atoms with Gasteiger partial charge in [-0.15, -0.1) is 0 Å². The minimum Gasteiger partial charge on any atom is -0.456 e. The zero-order valence-corrected chi connectivity index (χ0v) is 12.3. The first-order chi connectivity index (χ1) is 10.4. The van der Waals surface area contributed by atoms with Crippen LogP contribution >= 0.6 is 0 Å². The molecule has 1 aliphatic rings. The first-order valence-corrected chi connectivity index (χ1v) is 7.21. The van der Waals surface area contributed by atoms with Crippen molar-refractivity contribution in [3.8, 4) is 0 Å². The van der Waals surface area contributed by atoms with E-state index in [0.29, 0.717) is 23.3 Å². The summed E-state index contributed by atoms with van der Waals surface area (Å²) in [6.45, 7) is 2.42. The molecule has 0 spiro atoms. The Morgan fingerprint density at radius 3 is 2.77 bits per heavy atom. The fraction of sp³-hybridized carbons (Fsp3) is 0.438. The summed E-state index contributed by atoms with van der Waals surface area (Å²) in [7, 11) is 0. The average molecular weight is 313 g/mol. The monoisotopic (exact) mass is 313 g/mol. The van der Waals surface area contributed by atoms with Crippen molar-refractivity contribution in [2.75, 3.05) is 6.61 Å². The highest BCUT2D eigenvalue weighted by Gasteiger charge is 2.30. The van der Waals surface area contributed by atoms with Crippen molar-refractivity contribution in [3.05, 3.63) is 46.7 Å². The molecule has 0 bridgehead atoms. The van der Waals surface area contributed by atoms with Crippen LogP contribution in [0, 0.1) is 0 Å². The largest absolute Gasteiger partial charge is 0.456 e. The van der Waals surface area contributed by atoms with Gasteiger partial charge in [0.1, 0.15) is 6.61 Å². The molecule has 0 saturated heterocycles. The number of nitrogens with one attached hydrogen (secondary N) is 1. The average Bonchev–Trinajstić information content (AvgIpc) is 2.83. The van der Waals surface area contributed by atoms with Gasteiger partial charge in [-0.2, -0.15) is 13.2 Å². The maximum atomic E-state index is 12.7. The fourth-order valence-electron chi connectivity index (χ4n) is 2.27. The number of ether oxygens (including phenoxy) is 1. The van der Waals surface area contributed by atoms with Crippen LogP contribution in [0.4, 0.5) is 13.2 Å². The number of rotatable bonds is 6. The van der Waals surface area contributed by atoms with Crippen LogP contribution in [0.5, 0.6) is 0 Å². The van der Waals surface area contributed by atoms with Crippen LogP contribution < -0.4 is 5.32 Å². The van der Waals surface area contributed by atoms with Crippen LogP contribution in [-0.2, 0) is 22.3 Å². The summed E-state index contributed by atoms with van der Waals surface area (Å²) in [5.74, 6) is -0.333. The van der Waals surface area contributed by atoms with E-state index in [1.54, 1.807) is 6.07 Å². The van der Waals surface area contributed by atoms with Gasteiger partial charge in [-0.3, -0.25) is 0 Å². The Kier molecular flexibility index (Phi) is 5.11. The van der Waals surface area contributed by atoms with Crippen molar-refractivity contribution in [2.24, 2.45) is 0 Å². The second kappa shape index (κ2) is 6.85. The Hall–Kier alpha value is -1.98. The standard InChI is InChI=1S/C16H18F3NO2/c1-2-3-7-13-14(10-22-15(13)21)20-9-11-5-4-6-12(8-11)16(17,18)19/h4-6,8,20H,2-3,7,9-10H2,1H3. The van der Waals surface area contributed by atoms with Gasteiger partial charge in [0.05, 0.1) is 16.8 Å². The van der Waals surface area contributed by atoms with Crippen LogP contribution in [0.2, 0.25) is 0 Å². The van der Waals surface area contributed by atoms with Gasteiger partial charge >= 0.3 is 12.1 Å². The summed E-state index contributed by atoms with van der Waals surface area (Å²) in [4.78, 5) is 11.6. The molecule has 1 aromatic rings. The van der Waals surface area contributed by atoms with Gasteiger partial charge in [0, 0.05) is 6.54 Å². The second-order valence-corrected chi connectivity index (χ2v) is 5.19. The first-order valence-electron chi connectivity index (χ1n) is 7.21. The molecule has 0 fully saturated rings. The molecule has 0 aromatic heterocycles. The van der Waals surface area contributed by atoms with Crippen LogP contribution in [0.15, 0.2) is 35.5 Å². The number of alkyl halides is 3. The molecule has 1 aliphatic heterocycles. The highest BCUT2D eigenvalue weighted by atomic mass is 19.4. The number of hydrogen-bond acceptors (Lipinski definition) is 3. The molecule has 1 N–H and O–H groups in total. The number of carbonyl (C=O) groups is 1. The minimum absolute atomic E-state index is 0.164. The Morgan fingerprint density at radius 2 is 2.09 bits per heavy atom. The SMILES string of the molecule is CCCCC1=C(NCc2cccc(C(F)(F)F)c2)COC1=O. The molecule has 0 unspecified atom stereocenters. The van der Waals surface area contributed by atoms with E-state index in [2.05, 4.69) is 5.32 Å². The van der Waals surface area contributed by atoms with Gasteiger partial charge in [-0.05, 0) is 30.5 Å². The minimum atomic E-state index is -4.35. The Bertz CT molecular complexity index is 579. The molecule has 0 atom stereocenters. The highest BCUT2D eigenvalue weighted by Crippen LogP contribution is 2.29. The van der Waals surface area contributed by atoms with Gasteiger partial charge in [0.15, 0.2) is 0 Å². The smallest absolute Gasteiger partial charge is 0.416 e. The molecule has 22 heavy (non-hydrogen) atoms. The third-order valence-electron chi connectivity index (χ3n) is 3.50. The molecular formula is C16H18F3NO2. The first kappa shape index (κ1) is 16.4. The molecule has 0 saturated carbocycles. The molecule has 3 nitrogen and oxygen atoms in total. The topological polar surface area (TPSA) is 38.3 Å². The van der Waals surface area contributed by atoms with Crippen molar-refractivity contribution in [2.45, 2.75) is 38.9 Å². The van der Waals surface area contributed by atoms with E-state index in [9.17, 15) is 18.0 Å². The lowest BCUT2D eigenvalue weighted by atomic mass is 10.1. The van der Waals surface area contributed by atoms with Gasteiger partial charge in [-0.1, -0.05) is 25.5 Å². The van der Waals surface area contributed by atoms with E-state index < -0.39 is 11.7 Å². The predicted molar refractivity (Wildman–Crippen MR) is 75.8 cm³/mol. The molecule has 1 heterocycles. The van der Waals surface area contributed by atoms with Gasteiger partial charge in [0.25, 0.3) is 0 Å². The molecule has 0 amide bonds. The summed E-state index contributed by atoms with van der Waals surface area (Å²) >= 11 is 0. The molecule has 0 radical (unpaired) electrons. The predicted octanol–water partition coefficient (Wildman–Crippen LogP) is 3.80. The second-order valence-electron chi connectivity index (χ2n) is 5.19. The van der Waals surface area contributed by atoms with E-state index in [1.165, 1.54) is 6.07 Å². The Morgan fingerprint density at radius 1 is 1.32 bits per heavy atom. The Balaban J connectivity index is 2.06. The van der Waals surface area contributed by atoms with E-state index in [-0.39, 0.29) is 19.1 Å². The van der Waals surface area contributed by atoms with Crippen LogP contribution in [0.1, 0.15) is 37.3 Å². The van der Waals surface area contributed by atoms with E-state index >= 15 is 0 Å². The number of benzene rings is 1. The van der Waals surface area contributed by atoms with Gasteiger partial charge in [-0.25, -0.2) is 4.79 Å². The lowest BCUT2D eigenvalue weighted by Gasteiger charge is -2.11. The lowest BCUT2D eigenvalue weighted by molar-refractivity contribution is -0.138. The number of esters is 1. The quantitative estimate of drug-likeness (QED) is 0.812. The van der Waals surface area contributed by atoms with Crippen molar-refractivity contribution in [1.82, 2.24) is 5.32 Å². The number of hydrogen-bond donors (Lipinski definition) is 1. The van der Waals surface area contributed by atoms with Crippen molar-refractivity contribution in [1.29, 1.82) is 0 Å². The summed E-state index contributed by atoms with van der Waals surface area (Å²) in [5.41, 5.74) is 1.12. The lowest BCUT2D eigenvalue weighted by Crippen LogP contribution is -2.16. The number of unbranched alkanes of at least 4 members (excludes halogenated alkanes) is 1. The maximum Gasteiger partial charge on any atom is 0.416 e. The van der Waals surface area contributed by atoms with Gasteiger partial charge in [0.2, 0.25) is 0 Å². The Labute approximate surface area is 127 Å². The number of cyclic esters (lactones) is 1. The molecule has 6 heteroatoms. The molecule has 2 rings (SSSR count). The third-order valence-corrected chi connectivity index (χ3v) is 3.50.